The van der Waals surface area contributed by atoms with Gasteiger partial charge in [0.2, 0.25) is 0 Å². The summed E-state index contributed by atoms with van der Waals surface area (Å²) < 4.78 is 16.1. The molecule has 1 aliphatic carbocycles. The van der Waals surface area contributed by atoms with Crippen molar-refractivity contribution in [2.45, 2.75) is 38.3 Å². The van der Waals surface area contributed by atoms with Gasteiger partial charge in [-0.2, -0.15) is 0 Å². The van der Waals surface area contributed by atoms with Crippen molar-refractivity contribution in [3.8, 4) is 11.5 Å². The van der Waals surface area contributed by atoms with Crippen LogP contribution in [0.1, 0.15) is 28.7 Å². The number of rotatable bonds is 7. The highest BCUT2D eigenvalue weighted by atomic mass is 16.5. The molecule has 26 heavy (non-hydrogen) atoms. The standard InChI is InChI=1S/C21H25NO4/c1-24-20-9-6-14(11-19(22)21(23)25-2)10-17(20)13-26-18-8-7-15-4-3-5-16(15)12-18/h6-10,12,19H,3-5,11,13,22H2,1-2H3. The molecule has 2 aromatic rings. The van der Waals surface area contributed by atoms with Crippen molar-refractivity contribution in [1.82, 2.24) is 0 Å². The Balaban J connectivity index is 1.71. The van der Waals surface area contributed by atoms with Crippen LogP contribution in [0.15, 0.2) is 36.4 Å². The second kappa shape index (κ2) is 8.23. The number of nitrogens with two attached hydrogens (primary N) is 1. The van der Waals surface area contributed by atoms with E-state index < -0.39 is 12.0 Å². The zero-order chi connectivity index (χ0) is 18.5. The third kappa shape index (κ3) is 4.17. The second-order valence-corrected chi connectivity index (χ2v) is 6.55. The van der Waals surface area contributed by atoms with E-state index >= 15 is 0 Å². The first-order chi connectivity index (χ1) is 12.6. The number of aryl methyl sites for hydroxylation is 2. The molecule has 0 fully saturated rings. The number of hydrogen-bond donors (Lipinski definition) is 1. The molecule has 5 nitrogen and oxygen atoms in total. The molecule has 0 bridgehead atoms. The van der Waals surface area contributed by atoms with Gasteiger partial charge in [0, 0.05) is 5.56 Å². The summed E-state index contributed by atoms with van der Waals surface area (Å²) in [5.41, 5.74) is 10.5. The smallest absolute Gasteiger partial charge is 0.322 e. The highest BCUT2D eigenvalue weighted by Gasteiger charge is 2.16. The van der Waals surface area contributed by atoms with Crippen molar-refractivity contribution in [2.24, 2.45) is 5.73 Å². The van der Waals surface area contributed by atoms with Crippen molar-refractivity contribution in [2.75, 3.05) is 14.2 Å². The van der Waals surface area contributed by atoms with E-state index in [0.717, 1.165) is 35.5 Å². The van der Waals surface area contributed by atoms with Crippen LogP contribution in [0.2, 0.25) is 0 Å². The van der Waals surface area contributed by atoms with E-state index in [0.29, 0.717) is 13.0 Å². The number of fused-ring (bicyclic) bond motifs is 1. The van der Waals surface area contributed by atoms with Crippen LogP contribution < -0.4 is 15.2 Å². The predicted molar refractivity (Wildman–Crippen MR) is 99.5 cm³/mol. The average Bonchev–Trinajstić information content (AvgIpc) is 3.13. The molecule has 0 amide bonds. The van der Waals surface area contributed by atoms with Crippen LogP contribution in [0.3, 0.4) is 0 Å². The van der Waals surface area contributed by atoms with Crippen LogP contribution in [0, 0.1) is 0 Å². The number of ether oxygens (including phenoxy) is 3. The third-order valence-electron chi connectivity index (χ3n) is 4.77. The lowest BCUT2D eigenvalue weighted by Crippen LogP contribution is -2.33. The van der Waals surface area contributed by atoms with Gasteiger partial charge in [0.05, 0.1) is 14.2 Å². The molecule has 0 heterocycles. The van der Waals surface area contributed by atoms with Gasteiger partial charge in [0.25, 0.3) is 0 Å². The molecule has 2 N–H and O–H groups in total. The first-order valence-electron chi connectivity index (χ1n) is 8.84. The van der Waals surface area contributed by atoms with E-state index in [4.69, 9.17) is 15.2 Å². The summed E-state index contributed by atoms with van der Waals surface area (Å²) in [6.07, 6.45) is 3.90. The lowest BCUT2D eigenvalue weighted by atomic mass is 10.0. The first kappa shape index (κ1) is 18.3. The molecule has 0 aliphatic heterocycles. The largest absolute Gasteiger partial charge is 0.496 e. The van der Waals surface area contributed by atoms with E-state index in [1.165, 1.54) is 24.7 Å². The van der Waals surface area contributed by atoms with Crippen molar-refractivity contribution < 1.29 is 19.0 Å². The van der Waals surface area contributed by atoms with Gasteiger partial charge in [0.1, 0.15) is 24.1 Å². The van der Waals surface area contributed by atoms with Crippen LogP contribution >= 0.6 is 0 Å². The maximum atomic E-state index is 11.5. The Bertz CT molecular complexity index is 788. The molecule has 3 rings (SSSR count). The van der Waals surface area contributed by atoms with Gasteiger partial charge in [-0.1, -0.05) is 12.1 Å². The normalized spacial score (nSPS) is 13.8. The van der Waals surface area contributed by atoms with E-state index in [1.807, 2.05) is 24.3 Å². The molecule has 0 radical (unpaired) electrons. The van der Waals surface area contributed by atoms with Crippen molar-refractivity contribution in [3.05, 3.63) is 58.7 Å². The van der Waals surface area contributed by atoms with E-state index in [9.17, 15) is 4.79 Å². The lowest BCUT2D eigenvalue weighted by Gasteiger charge is -2.14. The third-order valence-corrected chi connectivity index (χ3v) is 4.77. The van der Waals surface area contributed by atoms with Crippen LogP contribution in [-0.2, 0) is 35.4 Å². The first-order valence-corrected chi connectivity index (χ1v) is 8.84. The Morgan fingerprint density at radius 2 is 1.92 bits per heavy atom. The van der Waals surface area contributed by atoms with E-state index in [1.54, 1.807) is 7.11 Å². The minimum atomic E-state index is -0.682. The molecule has 0 saturated carbocycles. The number of esters is 1. The topological polar surface area (TPSA) is 70.8 Å². The number of methoxy groups -OCH3 is 2. The zero-order valence-corrected chi connectivity index (χ0v) is 15.3. The van der Waals surface area contributed by atoms with Gasteiger partial charge in [-0.25, -0.2) is 0 Å². The van der Waals surface area contributed by atoms with Crippen LogP contribution in [0.25, 0.3) is 0 Å². The Hall–Kier alpha value is -2.53. The highest BCUT2D eigenvalue weighted by molar-refractivity contribution is 5.75. The summed E-state index contributed by atoms with van der Waals surface area (Å²) in [6, 6.07) is 11.4. The highest BCUT2D eigenvalue weighted by Crippen LogP contribution is 2.28. The summed E-state index contributed by atoms with van der Waals surface area (Å²) in [6.45, 7) is 0.392. The summed E-state index contributed by atoms with van der Waals surface area (Å²) >= 11 is 0. The number of hydrogen-bond acceptors (Lipinski definition) is 5. The van der Waals surface area contributed by atoms with E-state index in [-0.39, 0.29) is 0 Å². The molecule has 2 aromatic carbocycles. The molecule has 0 saturated heterocycles. The van der Waals surface area contributed by atoms with Crippen LogP contribution in [-0.4, -0.2) is 26.2 Å². The van der Waals surface area contributed by atoms with Crippen molar-refractivity contribution in [3.63, 3.8) is 0 Å². The monoisotopic (exact) mass is 355 g/mol. The minimum Gasteiger partial charge on any atom is -0.496 e. The maximum Gasteiger partial charge on any atom is 0.322 e. The average molecular weight is 355 g/mol. The molecule has 1 aliphatic rings. The maximum absolute atomic E-state index is 11.5. The van der Waals surface area contributed by atoms with Gasteiger partial charge >= 0.3 is 5.97 Å². The molecular weight excluding hydrogens is 330 g/mol. The molecule has 138 valence electrons. The summed E-state index contributed by atoms with van der Waals surface area (Å²) in [4.78, 5) is 11.5. The molecule has 1 unspecified atom stereocenters. The Morgan fingerprint density at radius 1 is 1.12 bits per heavy atom. The summed E-state index contributed by atoms with van der Waals surface area (Å²) in [5.74, 6) is 1.20. The summed E-state index contributed by atoms with van der Waals surface area (Å²) in [5, 5.41) is 0. The SMILES string of the molecule is COC(=O)C(N)Cc1ccc(OC)c(COc2ccc3c(c2)CCC3)c1. The fourth-order valence-corrected chi connectivity index (χ4v) is 3.36. The van der Waals surface area contributed by atoms with E-state index in [2.05, 4.69) is 16.9 Å². The van der Waals surface area contributed by atoms with Crippen LogP contribution in [0.4, 0.5) is 0 Å². The van der Waals surface area contributed by atoms with Gasteiger partial charge in [-0.05, 0) is 66.6 Å². The number of carbonyl (C=O) groups excluding carboxylic acids is 1. The molecule has 1 atom stereocenters. The second-order valence-electron chi connectivity index (χ2n) is 6.55. The molecule has 5 heteroatoms. The predicted octanol–water partition coefficient (Wildman–Crippen LogP) is 2.81. The van der Waals surface area contributed by atoms with Crippen molar-refractivity contribution in [1.29, 1.82) is 0 Å². The Morgan fingerprint density at radius 3 is 2.69 bits per heavy atom. The fourth-order valence-electron chi connectivity index (χ4n) is 3.36. The van der Waals surface area contributed by atoms with Gasteiger partial charge in [0.15, 0.2) is 0 Å². The van der Waals surface area contributed by atoms with Gasteiger partial charge < -0.3 is 19.9 Å². The quantitative estimate of drug-likeness (QED) is 0.774. The summed E-state index contributed by atoms with van der Waals surface area (Å²) in [7, 11) is 2.97. The van der Waals surface area contributed by atoms with Gasteiger partial charge in [-0.3, -0.25) is 4.79 Å². The Labute approximate surface area is 154 Å². The molecule has 0 spiro atoms. The lowest BCUT2D eigenvalue weighted by molar-refractivity contribution is -0.142. The zero-order valence-electron chi connectivity index (χ0n) is 15.3. The van der Waals surface area contributed by atoms with Crippen molar-refractivity contribution >= 4 is 5.97 Å². The van der Waals surface area contributed by atoms with Gasteiger partial charge in [-0.15, -0.1) is 0 Å². The molecule has 0 aromatic heterocycles. The number of carbonyl (C=O) groups is 1. The fraction of sp³-hybridized carbons (Fsp3) is 0.381. The minimum absolute atomic E-state index is 0.392. The molecular formula is C21H25NO4. The van der Waals surface area contributed by atoms with Crippen LogP contribution in [0.5, 0.6) is 11.5 Å². The Kier molecular flexibility index (Phi) is 5.78. The number of benzene rings is 2.